The van der Waals surface area contributed by atoms with Crippen LogP contribution in [-0.2, 0) is 16.6 Å². The molecule has 0 unspecified atom stereocenters. The maximum Gasteiger partial charge on any atom is 0.255 e. The molecule has 4 rings (SSSR count). The van der Waals surface area contributed by atoms with Crippen LogP contribution in [0.3, 0.4) is 0 Å². The summed E-state index contributed by atoms with van der Waals surface area (Å²) in [5, 5.41) is 0. The van der Waals surface area contributed by atoms with Gasteiger partial charge in [0, 0.05) is 43.1 Å². The van der Waals surface area contributed by atoms with Crippen molar-refractivity contribution in [1.82, 2.24) is 13.8 Å². The van der Waals surface area contributed by atoms with Gasteiger partial charge in [0.15, 0.2) is 5.78 Å². The highest BCUT2D eigenvalue weighted by atomic mass is 32.2. The largest absolute Gasteiger partial charge is 0.467 e. The number of ketones is 1. The van der Waals surface area contributed by atoms with Crippen LogP contribution in [0, 0.1) is 13.8 Å². The van der Waals surface area contributed by atoms with Gasteiger partial charge in [-0.2, -0.15) is 4.31 Å². The minimum atomic E-state index is -3.74. The Morgan fingerprint density at radius 3 is 2.36 bits per heavy atom. The van der Waals surface area contributed by atoms with Gasteiger partial charge in [0.05, 0.1) is 23.3 Å². The number of hydrogen-bond donors (Lipinski definition) is 0. The summed E-state index contributed by atoms with van der Waals surface area (Å²) in [4.78, 5) is 26.6. The van der Waals surface area contributed by atoms with Crippen LogP contribution in [0.2, 0.25) is 0 Å². The van der Waals surface area contributed by atoms with Crippen molar-refractivity contribution in [2.24, 2.45) is 0 Å². The van der Waals surface area contributed by atoms with E-state index >= 15 is 0 Å². The number of sulfonamides is 1. The zero-order chi connectivity index (χ0) is 23.8. The molecular formula is C24H27N3O5S. The smallest absolute Gasteiger partial charge is 0.255 e. The van der Waals surface area contributed by atoms with Gasteiger partial charge in [-0.15, -0.1) is 0 Å². The van der Waals surface area contributed by atoms with E-state index in [-0.39, 0.29) is 29.7 Å². The molecule has 1 fully saturated rings. The lowest BCUT2D eigenvalue weighted by Crippen LogP contribution is -2.50. The van der Waals surface area contributed by atoms with Gasteiger partial charge in [-0.05, 0) is 51.1 Å². The lowest BCUT2D eigenvalue weighted by atomic mass is 10.2. The van der Waals surface area contributed by atoms with Crippen LogP contribution in [0.1, 0.15) is 44.8 Å². The van der Waals surface area contributed by atoms with E-state index in [1.165, 1.54) is 23.4 Å². The van der Waals surface area contributed by atoms with E-state index in [2.05, 4.69) is 0 Å². The standard InChI is InChI=1S/C24H27N3O5S/c1-17-14-23(18(2)27(17)16-21-7-5-13-32-21)24(29)25-9-11-26(12-10-25)33(30,31)22-8-4-6-20(15-22)19(3)28/h4-8,13-15H,9-12,16H2,1-3H3. The van der Waals surface area contributed by atoms with Gasteiger partial charge in [0.2, 0.25) is 10.0 Å². The average Bonchev–Trinajstić information content (AvgIpc) is 3.42. The van der Waals surface area contributed by atoms with Crippen molar-refractivity contribution < 1.29 is 22.4 Å². The highest BCUT2D eigenvalue weighted by Gasteiger charge is 2.31. The lowest BCUT2D eigenvalue weighted by Gasteiger charge is -2.34. The van der Waals surface area contributed by atoms with Crippen LogP contribution >= 0.6 is 0 Å². The monoisotopic (exact) mass is 469 g/mol. The average molecular weight is 470 g/mol. The fourth-order valence-electron chi connectivity index (χ4n) is 4.15. The summed E-state index contributed by atoms with van der Waals surface area (Å²) in [6.45, 7) is 6.80. The fraction of sp³-hybridized carbons (Fsp3) is 0.333. The molecule has 0 radical (unpaired) electrons. The van der Waals surface area contributed by atoms with Crippen molar-refractivity contribution in [2.75, 3.05) is 26.2 Å². The Morgan fingerprint density at radius 1 is 1.00 bits per heavy atom. The van der Waals surface area contributed by atoms with Crippen molar-refractivity contribution in [3.63, 3.8) is 0 Å². The Balaban J connectivity index is 1.46. The second-order valence-electron chi connectivity index (χ2n) is 8.23. The summed E-state index contributed by atoms with van der Waals surface area (Å²) in [6, 6.07) is 11.7. The topological polar surface area (TPSA) is 92.8 Å². The zero-order valence-electron chi connectivity index (χ0n) is 18.9. The van der Waals surface area contributed by atoms with E-state index in [1.807, 2.05) is 36.6 Å². The van der Waals surface area contributed by atoms with E-state index in [0.29, 0.717) is 30.8 Å². The molecule has 1 amide bonds. The molecule has 0 saturated carbocycles. The molecule has 9 heteroatoms. The molecule has 8 nitrogen and oxygen atoms in total. The number of carbonyl (C=O) groups excluding carboxylic acids is 2. The number of carbonyl (C=O) groups is 2. The quantitative estimate of drug-likeness (QED) is 0.517. The number of benzene rings is 1. The number of nitrogens with zero attached hydrogens (tertiary/aromatic N) is 3. The van der Waals surface area contributed by atoms with Crippen LogP contribution in [0.5, 0.6) is 0 Å². The molecule has 0 aliphatic carbocycles. The Hall–Kier alpha value is -3.17. The highest BCUT2D eigenvalue weighted by Crippen LogP contribution is 2.22. The first-order chi connectivity index (χ1) is 15.7. The Kier molecular flexibility index (Phi) is 6.27. The summed E-state index contributed by atoms with van der Waals surface area (Å²) in [6.07, 6.45) is 1.62. The number of aryl methyl sites for hydroxylation is 1. The van der Waals surface area contributed by atoms with E-state index in [9.17, 15) is 18.0 Å². The molecule has 3 aromatic rings. The van der Waals surface area contributed by atoms with Crippen LogP contribution < -0.4 is 0 Å². The summed E-state index contributed by atoms with van der Waals surface area (Å²) in [5.74, 6) is 0.514. The molecular weight excluding hydrogens is 442 g/mol. The third kappa shape index (κ3) is 4.51. The van der Waals surface area contributed by atoms with Crippen molar-refractivity contribution in [1.29, 1.82) is 0 Å². The van der Waals surface area contributed by atoms with Crippen LogP contribution in [0.4, 0.5) is 0 Å². The molecule has 3 heterocycles. The van der Waals surface area contributed by atoms with Crippen LogP contribution in [0.15, 0.2) is 58.0 Å². The second-order valence-corrected chi connectivity index (χ2v) is 10.2. The normalized spacial score (nSPS) is 15.1. The minimum Gasteiger partial charge on any atom is -0.467 e. The molecule has 1 saturated heterocycles. The van der Waals surface area contributed by atoms with Gasteiger partial charge in [-0.25, -0.2) is 8.42 Å². The van der Waals surface area contributed by atoms with Gasteiger partial charge in [0.25, 0.3) is 5.91 Å². The molecule has 0 bridgehead atoms. The van der Waals surface area contributed by atoms with Crippen molar-refractivity contribution in [3.05, 3.63) is 77.0 Å². The molecule has 2 aromatic heterocycles. The van der Waals surface area contributed by atoms with Crippen molar-refractivity contribution in [2.45, 2.75) is 32.2 Å². The SMILES string of the molecule is CC(=O)c1cccc(S(=O)(=O)N2CCN(C(=O)c3cc(C)n(Cc4ccco4)c3C)CC2)c1. The van der Waals surface area contributed by atoms with E-state index in [0.717, 1.165) is 17.1 Å². The van der Waals surface area contributed by atoms with E-state index in [4.69, 9.17) is 4.42 Å². The fourth-order valence-corrected chi connectivity index (χ4v) is 5.61. The summed E-state index contributed by atoms with van der Waals surface area (Å²) < 4.78 is 35.0. The van der Waals surface area contributed by atoms with Gasteiger partial charge in [-0.1, -0.05) is 12.1 Å². The van der Waals surface area contributed by atoms with Gasteiger partial charge >= 0.3 is 0 Å². The molecule has 33 heavy (non-hydrogen) atoms. The summed E-state index contributed by atoms with van der Waals surface area (Å²) in [7, 11) is -3.74. The van der Waals surface area contributed by atoms with Crippen LogP contribution in [-0.4, -0.2) is 60.1 Å². The van der Waals surface area contributed by atoms with Crippen LogP contribution in [0.25, 0.3) is 0 Å². The van der Waals surface area contributed by atoms with E-state index in [1.54, 1.807) is 23.3 Å². The Labute approximate surface area is 193 Å². The molecule has 174 valence electrons. The Morgan fingerprint density at radius 2 is 1.73 bits per heavy atom. The minimum absolute atomic E-state index is 0.0939. The lowest BCUT2D eigenvalue weighted by molar-refractivity contribution is 0.0697. The molecule has 0 atom stereocenters. The van der Waals surface area contributed by atoms with Crippen molar-refractivity contribution in [3.8, 4) is 0 Å². The molecule has 1 aliphatic heterocycles. The van der Waals surface area contributed by atoms with Crippen molar-refractivity contribution >= 4 is 21.7 Å². The maximum atomic E-state index is 13.2. The molecule has 0 N–H and O–H groups in total. The number of aromatic nitrogens is 1. The molecule has 1 aliphatic rings. The van der Waals surface area contributed by atoms with Gasteiger partial charge < -0.3 is 13.9 Å². The third-order valence-electron chi connectivity index (χ3n) is 6.10. The number of Topliss-reactive ketones (excluding diaryl/α,β-unsaturated/α-hetero) is 1. The second kappa shape index (κ2) is 8.99. The molecule has 0 spiro atoms. The third-order valence-corrected chi connectivity index (χ3v) is 8.00. The predicted octanol–water partition coefficient (Wildman–Crippen LogP) is 3.10. The Bertz CT molecular complexity index is 1280. The maximum absolute atomic E-state index is 13.2. The molecule has 1 aromatic carbocycles. The number of furan rings is 1. The predicted molar refractivity (Wildman–Crippen MR) is 123 cm³/mol. The zero-order valence-corrected chi connectivity index (χ0v) is 19.8. The first-order valence-electron chi connectivity index (χ1n) is 10.8. The number of rotatable bonds is 6. The first kappa shape index (κ1) is 23.0. The van der Waals surface area contributed by atoms with E-state index < -0.39 is 10.0 Å². The summed E-state index contributed by atoms with van der Waals surface area (Å²) >= 11 is 0. The first-order valence-corrected chi connectivity index (χ1v) is 12.2. The highest BCUT2D eigenvalue weighted by molar-refractivity contribution is 7.89. The number of piperazine rings is 1. The number of hydrogen-bond acceptors (Lipinski definition) is 5. The summed E-state index contributed by atoms with van der Waals surface area (Å²) in [5.41, 5.74) is 2.78. The van der Waals surface area contributed by atoms with Gasteiger partial charge in [-0.3, -0.25) is 9.59 Å². The van der Waals surface area contributed by atoms with Gasteiger partial charge in [0.1, 0.15) is 5.76 Å². The number of amides is 1.